The molecule has 3 nitrogen and oxygen atoms in total. The van der Waals surface area contributed by atoms with Crippen LogP contribution in [0.15, 0.2) is 11.4 Å². The molecule has 0 amide bonds. The number of rotatable bonds is 2. The summed E-state index contributed by atoms with van der Waals surface area (Å²) in [5, 5.41) is 10.4. The van der Waals surface area contributed by atoms with Gasteiger partial charge in [-0.3, -0.25) is 0 Å². The Morgan fingerprint density at radius 1 is 1.82 bits per heavy atom. The molecule has 0 spiro atoms. The van der Waals surface area contributed by atoms with E-state index < -0.39 is 5.97 Å². The minimum atomic E-state index is -0.896. The Morgan fingerprint density at radius 2 is 2.45 bits per heavy atom. The van der Waals surface area contributed by atoms with Crippen molar-refractivity contribution in [2.75, 3.05) is 0 Å². The minimum Gasteiger partial charge on any atom is -0.477 e. The quantitative estimate of drug-likeness (QED) is 0.708. The lowest BCUT2D eigenvalue weighted by Gasteiger charge is -2.02. The molecular weight excluding hydrogens is 162 g/mol. The van der Waals surface area contributed by atoms with Crippen LogP contribution < -0.4 is 5.73 Å². The largest absolute Gasteiger partial charge is 0.477 e. The van der Waals surface area contributed by atoms with Gasteiger partial charge in [-0.25, -0.2) is 4.79 Å². The molecule has 1 atom stereocenters. The van der Waals surface area contributed by atoms with Crippen molar-refractivity contribution in [2.45, 2.75) is 13.0 Å². The fraction of sp³-hybridized carbons (Fsp3) is 0.286. The predicted molar refractivity (Wildman–Crippen MR) is 43.9 cm³/mol. The molecule has 1 unspecified atom stereocenters. The van der Waals surface area contributed by atoms with E-state index in [-0.39, 0.29) is 6.04 Å². The Hall–Kier alpha value is -0.870. The molecule has 3 N–H and O–H groups in total. The fourth-order valence-electron chi connectivity index (χ4n) is 0.852. The molecule has 0 aliphatic rings. The first-order chi connectivity index (χ1) is 5.13. The van der Waals surface area contributed by atoms with E-state index in [1.54, 1.807) is 18.4 Å². The summed E-state index contributed by atoms with van der Waals surface area (Å²) in [4.78, 5) is 10.9. The molecule has 0 aliphatic carbocycles. The Balaban J connectivity index is 3.06. The van der Waals surface area contributed by atoms with Gasteiger partial charge in [-0.2, -0.15) is 0 Å². The lowest BCUT2D eigenvalue weighted by molar-refractivity contribution is 0.0700. The van der Waals surface area contributed by atoms with Crippen molar-refractivity contribution in [3.05, 3.63) is 21.9 Å². The minimum absolute atomic E-state index is 0.202. The predicted octanol–water partition coefficient (Wildman–Crippen LogP) is 1.47. The average molecular weight is 171 g/mol. The zero-order valence-electron chi connectivity index (χ0n) is 6.07. The van der Waals surface area contributed by atoms with Gasteiger partial charge in [0.1, 0.15) is 4.88 Å². The molecule has 1 aromatic rings. The number of hydrogen-bond acceptors (Lipinski definition) is 3. The Morgan fingerprint density at radius 3 is 2.82 bits per heavy atom. The van der Waals surface area contributed by atoms with E-state index >= 15 is 0 Å². The molecule has 4 heteroatoms. The third kappa shape index (κ3) is 1.58. The second kappa shape index (κ2) is 3.02. The maximum atomic E-state index is 10.5. The summed E-state index contributed by atoms with van der Waals surface area (Å²) < 4.78 is 0. The first kappa shape index (κ1) is 8.23. The van der Waals surface area contributed by atoms with Gasteiger partial charge in [0.05, 0.1) is 0 Å². The second-order valence-electron chi connectivity index (χ2n) is 2.30. The van der Waals surface area contributed by atoms with E-state index in [4.69, 9.17) is 10.8 Å². The first-order valence-electron chi connectivity index (χ1n) is 3.19. The lowest BCUT2D eigenvalue weighted by Crippen LogP contribution is -2.08. The molecule has 1 heterocycles. The van der Waals surface area contributed by atoms with E-state index in [9.17, 15) is 4.79 Å². The number of aromatic carboxylic acids is 1. The summed E-state index contributed by atoms with van der Waals surface area (Å²) in [6.45, 7) is 1.77. The third-order valence-corrected chi connectivity index (χ3v) is 2.30. The Labute approximate surface area is 68.5 Å². The lowest BCUT2D eigenvalue weighted by atomic mass is 10.1. The molecule has 0 aromatic carbocycles. The summed E-state index contributed by atoms with van der Waals surface area (Å²) in [6.07, 6.45) is 0. The van der Waals surface area contributed by atoms with Gasteiger partial charge in [-0.05, 0) is 23.9 Å². The van der Waals surface area contributed by atoms with Gasteiger partial charge in [0.15, 0.2) is 0 Å². The van der Waals surface area contributed by atoms with E-state index in [2.05, 4.69) is 0 Å². The Kier molecular flexibility index (Phi) is 2.26. The highest BCUT2D eigenvalue weighted by Crippen LogP contribution is 2.21. The van der Waals surface area contributed by atoms with Crippen LogP contribution in [-0.2, 0) is 0 Å². The summed E-state index contributed by atoms with van der Waals surface area (Å²) in [5.74, 6) is -0.896. The molecular formula is C7H9NO2S. The second-order valence-corrected chi connectivity index (χ2v) is 3.22. The van der Waals surface area contributed by atoms with Crippen molar-refractivity contribution >= 4 is 17.3 Å². The normalized spacial score (nSPS) is 12.9. The first-order valence-corrected chi connectivity index (χ1v) is 4.07. The molecule has 0 saturated carbocycles. The van der Waals surface area contributed by atoms with Crippen LogP contribution in [-0.4, -0.2) is 11.1 Å². The molecule has 11 heavy (non-hydrogen) atoms. The van der Waals surface area contributed by atoms with E-state index in [0.717, 1.165) is 0 Å². The summed E-state index contributed by atoms with van der Waals surface area (Å²) in [7, 11) is 0. The van der Waals surface area contributed by atoms with Gasteiger partial charge in [0.25, 0.3) is 0 Å². The van der Waals surface area contributed by atoms with Crippen molar-refractivity contribution in [2.24, 2.45) is 5.73 Å². The van der Waals surface area contributed by atoms with Crippen LogP contribution in [0.25, 0.3) is 0 Å². The van der Waals surface area contributed by atoms with E-state index in [1.807, 2.05) is 0 Å². The highest BCUT2D eigenvalue weighted by Gasteiger charge is 2.13. The van der Waals surface area contributed by atoms with Crippen LogP contribution in [0.5, 0.6) is 0 Å². The van der Waals surface area contributed by atoms with E-state index in [1.165, 1.54) is 11.3 Å². The van der Waals surface area contributed by atoms with Crippen molar-refractivity contribution in [3.63, 3.8) is 0 Å². The van der Waals surface area contributed by atoms with Crippen LogP contribution in [0, 0.1) is 0 Å². The zero-order valence-corrected chi connectivity index (χ0v) is 6.89. The van der Waals surface area contributed by atoms with Crippen LogP contribution >= 0.6 is 11.3 Å². The molecule has 0 bridgehead atoms. The van der Waals surface area contributed by atoms with Crippen molar-refractivity contribution in [1.82, 2.24) is 0 Å². The maximum Gasteiger partial charge on any atom is 0.346 e. The number of nitrogens with two attached hydrogens (primary N) is 1. The SMILES string of the molecule is CC(N)c1ccsc1C(=O)O. The summed E-state index contributed by atoms with van der Waals surface area (Å²) in [6, 6.07) is 1.55. The smallest absolute Gasteiger partial charge is 0.346 e. The summed E-state index contributed by atoms with van der Waals surface area (Å²) >= 11 is 1.21. The molecule has 0 aliphatic heterocycles. The molecule has 0 saturated heterocycles. The molecule has 1 rings (SSSR count). The topological polar surface area (TPSA) is 63.3 Å². The molecule has 0 fully saturated rings. The van der Waals surface area contributed by atoms with Crippen molar-refractivity contribution in [1.29, 1.82) is 0 Å². The zero-order chi connectivity index (χ0) is 8.43. The van der Waals surface area contributed by atoms with Gasteiger partial charge in [-0.1, -0.05) is 0 Å². The molecule has 1 aromatic heterocycles. The average Bonchev–Trinajstić information content (AvgIpc) is 2.32. The number of hydrogen-bond donors (Lipinski definition) is 2. The van der Waals surface area contributed by atoms with Crippen molar-refractivity contribution < 1.29 is 9.90 Å². The fourth-order valence-corrected chi connectivity index (χ4v) is 1.69. The number of carbonyl (C=O) groups is 1. The third-order valence-electron chi connectivity index (χ3n) is 1.38. The number of carboxylic acid groups (broad SMARTS) is 1. The highest BCUT2D eigenvalue weighted by atomic mass is 32.1. The highest BCUT2D eigenvalue weighted by molar-refractivity contribution is 7.12. The van der Waals surface area contributed by atoms with Crippen LogP contribution in [0.3, 0.4) is 0 Å². The number of thiophene rings is 1. The molecule has 0 radical (unpaired) electrons. The van der Waals surface area contributed by atoms with Gasteiger partial charge in [-0.15, -0.1) is 11.3 Å². The number of carboxylic acids is 1. The van der Waals surface area contributed by atoms with Crippen LogP contribution in [0.4, 0.5) is 0 Å². The van der Waals surface area contributed by atoms with Gasteiger partial charge < -0.3 is 10.8 Å². The monoisotopic (exact) mass is 171 g/mol. The maximum absolute atomic E-state index is 10.5. The summed E-state index contributed by atoms with van der Waals surface area (Å²) in [5.41, 5.74) is 6.25. The van der Waals surface area contributed by atoms with Gasteiger partial charge in [0, 0.05) is 6.04 Å². The molecule has 60 valence electrons. The Bertz CT molecular complexity index is 267. The van der Waals surface area contributed by atoms with Crippen molar-refractivity contribution in [3.8, 4) is 0 Å². The van der Waals surface area contributed by atoms with Gasteiger partial charge in [0.2, 0.25) is 0 Å². The van der Waals surface area contributed by atoms with Crippen LogP contribution in [0.2, 0.25) is 0 Å². The standard InChI is InChI=1S/C7H9NO2S/c1-4(8)5-2-3-11-6(5)7(9)10/h2-4H,8H2,1H3,(H,9,10). The van der Waals surface area contributed by atoms with Crippen LogP contribution in [0.1, 0.15) is 28.2 Å². The van der Waals surface area contributed by atoms with E-state index in [0.29, 0.717) is 10.4 Å². The van der Waals surface area contributed by atoms with Gasteiger partial charge >= 0.3 is 5.97 Å².